The molecule has 3 unspecified atom stereocenters. The second-order valence-electron chi connectivity index (χ2n) is 10.9. The van der Waals surface area contributed by atoms with Crippen molar-refractivity contribution in [3.8, 4) is 17.2 Å². The number of hydrogen-bond donors (Lipinski definition) is 1. The third kappa shape index (κ3) is 4.77. The summed E-state index contributed by atoms with van der Waals surface area (Å²) in [5.74, 6) is -14.9. The molecular weight excluding hydrogens is 594 g/mol. The molecule has 0 aromatic heterocycles. The van der Waals surface area contributed by atoms with Crippen LogP contribution in [-0.4, -0.2) is 48.6 Å². The summed E-state index contributed by atoms with van der Waals surface area (Å²) in [7, 11) is 0. The highest BCUT2D eigenvalue weighted by atomic mass is 35.5. The van der Waals surface area contributed by atoms with Gasteiger partial charge in [0.15, 0.2) is 17.0 Å². The van der Waals surface area contributed by atoms with Crippen LogP contribution >= 0.6 is 11.6 Å². The number of carbonyl (C=O) groups excluding carboxylic acids is 1. The zero-order valence-electron chi connectivity index (χ0n) is 21.4. The average Bonchev–Trinajstić information content (AvgIpc) is 3.36. The molecule has 3 aliphatic rings. The Morgan fingerprint density at radius 1 is 1.00 bits per heavy atom. The molecule has 1 saturated heterocycles. The van der Waals surface area contributed by atoms with Crippen molar-refractivity contribution in [2.75, 3.05) is 20.0 Å². The van der Waals surface area contributed by atoms with Gasteiger partial charge in [-0.2, -0.15) is 22.0 Å². The molecule has 15 heteroatoms. The summed E-state index contributed by atoms with van der Waals surface area (Å²) in [5, 5.41) is 2.05. The lowest BCUT2D eigenvalue weighted by atomic mass is 9.63. The Morgan fingerprint density at radius 3 is 2.17 bits per heavy atom. The molecule has 224 valence electrons. The van der Waals surface area contributed by atoms with Gasteiger partial charge in [-0.05, 0) is 38.3 Å². The van der Waals surface area contributed by atoms with Gasteiger partial charge in [-0.1, -0.05) is 6.92 Å². The number of nitrogens with one attached hydrogen (secondary N) is 1. The molecule has 1 aliphatic carbocycles. The van der Waals surface area contributed by atoms with E-state index in [0.717, 1.165) is 6.07 Å². The fourth-order valence-corrected chi connectivity index (χ4v) is 6.02. The number of halogens is 9. The Balaban J connectivity index is 1.52. The molecule has 2 heterocycles. The standard InChI is InChI=1S/C26H22ClF8NO5/c1-23(36-25(8-38-9-25)26(33,34)35)4-3-14(27)24(2,7-23)12-5-11(6-13-20(12)40-10-39-13)22(37)41-21-18(31)16(29)15(28)17(30)19(21)32/h5-6,14,36H,3-4,7-10H2,1-2H3. The fraction of sp³-hybridized carbons (Fsp3) is 0.500. The van der Waals surface area contributed by atoms with E-state index in [9.17, 15) is 39.9 Å². The maximum atomic E-state index is 14.2. The smallest absolute Gasteiger partial charge is 0.411 e. The summed E-state index contributed by atoms with van der Waals surface area (Å²) in [5.41, 5.74) is -4.76. The second-order valence-corrected chi connectivity index (χ2v) is 11.4. The van der Waals surface area contributed by atoms with E-state index in [1.165, 1.54) is 6.07 Å². The van der Waals surface area contributed by atoms with E-state index in [-0.39, 0.29) is 43.1 Å². The number of fused-ring (bicyclic) bond motifs is 1. The molecule has 5 rings (SSSR count). The number of benzene rings is 2. The van der Waals surface area contributed by atoms with E-state index >= 15 is 0 Å². The monoisotopic (exact) mass is 615 g/mol. The van der Waals surface area contributed by atoms with Crippen LogP contribution in [0.4, 0.5) is 35.1 Å². The van der Waals surface area contributed by atoms with Gasteiger partial charge in [0.1, 0.15) is 0 Å². The van der Waals surface area contributed by atoms with Crippen LogP contribution < -0.4 is 19.5 Å². The molecular formula is C26H22ClF8NO5. The zero-order chi connectivity index (χ0) is 30.1. The van der Waals surface area contributed by atoms with Crippen molar-refractivity contribution in [1.82, 2.24) is 5.32 Å². The van der Waals surface area contributed by atoms with E-state index in [1.807, 2.05) is 0 Å². The van der Waals surface area contributed by atoms with Crippen molar-refractivity contribution in [1.29, 1.82) is 0 Å². The van der Waals surface area contributed by atoms with Gasteiger partial charge in [0, 0.05) is 21.9 Å². The molecule has 2 fully saturated rings. The Bertz CT molecular complexity index is 1390. The van der Waals surface area contributed by atoms with Crippen LogP contribution in [0.15, 0.2) is 12.1 Å². The number of hydrogen-bond acceptors (Lipinski definition) is 6. The summed E-state index contributed by atoms with van der Waals surface area (Å²) in [6.07, 6.45) is -4.09. The Morgan fingerprint density at radius 2 is 1.61 bits per heavy atom. The minimum absolute atomic E-state index is 0.0118. The van der Waals surface area contributed by atoms with Gasteiger partial charge in [0.25, 0.3) is 0 Å². The van der Waals surface area contributed by atoms with Crippen molar-refractivity contribution in [2.45, 2.75) is 61.2 Å². The summed E-state index contributed by atoms with van der Waals surface area (Å²) in [6.45, 7) is 1.82. The Labute approximate surface area is 232 Å². The van der Waals surface area contributed by atoms with Gasteiger partial charge in [0.2, 0.25) is 41.6 Å². The summed E-state index contributed by atoms with van der Waals surface area (Å²) in [4.78, 5) is 12.9. The van der Waals surface area contributed by atoms with Gasteiger partial charge >= 0.3 is 12.1 Å². The summed E-state index contributed by atoms with van der Waals surface area (Å²) in [6, 6.07) is 2.27. The van der Waals surface area contributed by atoms with Crippen LogP contribution in [0.25, 0.3) is 0 Å². The van der Waals surface area contributed by atoms with E-state index in [4.69, 9.17) is 25.8 Å². The van der Waals surface area contributed by atoms with Gasteiger partial charge in [-0.15, -0.1) is 11.6 Å². The normalized spacial score (nSPS) is 27.0. The van der Waals surface area contributed by atoms with Crippen molar-refractivity contribution in [3.63, 3.8) is 0 Å². The largest absolute Gasteiger partial charge is 0.454 e. The topological polar surface area (TPSA) is 66.0 Å². The lowest BCUT2D eigenvalue weighted by Crippen LogP contribution is -2.74. The fourth-order valence-electron chi connectivity index (χ4n) is 5.71. The molecule has 0 amide bonds. The highest BCUT2D eigenvalue weighted by molar-refractivity contribution is 6.21. The minimum atomic E-state index is -4.60. The molecule has 41 heavy (non-hydrogen) atoms. The minimum Gasteiger partial charge on any atom is -0.454 e. The number of carbonyl (C=O) groups is 1. The molecule has 2 aromatic carbocycles. The maximum Gasteiger partial charge on any atom is 0.411 e. The number of esters is 1. The quantitative estimate of drug-likeness (QED) is 0.110. The third-order valence-electron chi connectivity index (χ3n) is 7.87. The molecule has 1 saturated carbocycles. The average molecular weight is 616 g/mol. The highest BCUT2D eigenvalue weighted by Crippen LogP contribution is 2.53. The first-order valence-electron chi connectivity index (χ1n) is 12.3. The summed E-state index contributed by atoms with van der Waals surface area (Å²) < 4.78 is 131. The molecule has 0 radical (unpaired) electrons. The second kappa shape index (κ2) is 9.87. The van der Waals surface area contributed by atoms with Gasteiger partial charge < -0.3 is 18.9 Å². The lowest BCUT2D eigenvalue weighted by molar-refractivity contribution is -0.274. The van der Waals surface area contributed by atoms with E-state index in [0.29, 0.717) is 0 Å². The SMILES string of the molecule is CC1(NC2(C(F)(F)F)COC2)CCC(Cl)C(C)(c2cc(C(=O)Oc3c(F)c(F)c(F)c(F)c3F)cc3c2OCO3)C1. The van der Waals surface area contributed by atoms with Crippen molar-refractivity contribution in [3.05, 3.63) is 52.3 Å². The van der Waals surface area contributed by atoms with Crippen LogP contribution in [0.5, 0.6) is 17.2 Å². The highest BCUT2D eigenvalue weighted by Gasteiger charge is 2.63. The van der Waals surface area contributed by atoms with Crippen molar-refractivity contribution < 1.29 is 58.9 Å². The summed E-state index contributed by atoms with van der Waals surface area (Å²) >= 11 is 6.74. The predicted molar refractivity (Wildman–Crippen MR) is 126 cm³/mol. The molecule has 0 spiro atoms. The van der Waals surface area contributed by atoms with Gasteiger partial charge in [-0.3, -0.25) is 5.32 Å². The van der Waals surface area contributed by atoms with Gasteiger partial charge in [-0.25, -0.2) is 18.0 Å². The number of ether oxygens (including phenoxy) is 4. The van der Waals surface area contributed by atoms with Crippen LogP contribution in [0.2, 0.25) is 0 Å². The van der Waals surface area contributed by atoms with Crippen LogP contribution in [0, 0.1) is 29.1 Å². The molecule has 1 N–H and O–H groups in total. The van der Waals surface area contributed by atoms with Crippen LogP contribution in [0.3, 0.4) is 0 Å². The van der Waals surface area contributed by atoms with E-state index in [1.54, 1.807) is 13.8 Å². The Hall–Kier alpha value is -2.84. The Kier molecular flexibility index (Phi) is 7.14. The maximum absolute atomic E-state index is 14.2. The van der Waals surface area contributed by atoms with E-state index in [2.05, 4.69) is 10.1 Å². The number of alkyl halides is 4. The van der Waals surface area contributed by atoms with Gasteiger partial charge in [0.05, 0.1) is 18.8 Å². The first-order valence-corrected chi connectivity index (χ1v) is 12.7. The first-order chi connectivity index (χ1) is 19.0. The molecule has 2 aromatic rings. The lowest BCUT2D eigenvalue weighted by Gasteiger charge is -2.54. The molecule has 2 aliphatic heterocycles. The number of rotatable bonds is 5. The zero-order valence-corrected chi connectivity index (χ0v) is 22.2. The predicted octanol–water partition coefficient (Wildman–Crippen LogP) is 6.06. The third-order valence-corrected chi connectivity index (χ3v) is 8.57. The van der Waals surface area contributed by atoms with E-state index < -0.39 is 87.6 Å². The van der Waals surface area contributed by atoms with Crippen LogP contribution in [0.1, 0.15) is 49.0 Å². The molecule has 0 bridgehead atoms. The molecule has 6 nitrogen and oxygen atoms in total. The van der Waals surface area contributed by atoms with Crippen LogP contribution in [-0.2, 0) is 10.2 Å². The van der Waals surface area contributed by atoms with Crippen molar-refractivity contribution >= 4 is 17.6 Å². The van der Waals surface area contributed by atoms with Crippen molar-refractivity contribution in [2.24, 2.45) is 0 Å². The first kappa shape index (κ1) is 29.6. The molecule has 3 atom stereocenters.